The highest BCUT2D eigenvalue weighted by Crippen LogP contribution is 2.68. The van der Waals surface area contributed by atoms with Crippen LogP contribution in [0.3, 0.4) is 0 Å². The smallest absolute Gasteiger partial charge is 0.452 e. The number of benzene rings is 2. The number of alkyl halides is 6. The van der Waals surface area contributed by atoms with E-state index >= 15 is 0 Å². The van der Waals surface area contributed by atoms with E-state index in [0.29, 0.717) is 24.8 Å². The van der Waals surface area contributed by atoms with Gasteiger partial charge >= 0.3 is 24.2 Å². The fraction of sp³-hybridized carbons (Fsp3) is 0.481. The third-order valence-electron chi connectivity index (χ3n) is 7.97. The molecule has 204 valence electrons. The molecule has 4 aliphatic carbocycles. The molecule has 2 unspecified atom stereocenters. The normalized spacial score (nSPS) is 31.1. The molecule has 1 amide bonds. The monoisotopic (exact) mass is 557 g/mol. The largest absolute Gasteiger partial charge is 0.490 e. The maximum Gasteiger partial charge on any atom is 0.490 e. The number of carbonyl (C=O) groups is 2. The van der Waals surface area contributed by atoms with Gasteiger partial charge in [0.1, 0.15) is 5.60 Å². The summed E-state index contributed by atoms with van der Waals surface area (Å²) in [7, 11) is 0. The van der Waals surface area contributed by atoms with E-state index in [1.54, 1.807) is 18.2 Å². The number of rotatable bonds is 6. The molecule has 4 nitrogen and oxygen atoms in total. The van der Waals surface area contributed by atoms with Crippen molar-refractivity contribution in [3.8, 4) is 0 Å². The van der Waals surface area contributed by atoms with Crippen LogP contribution in [0.15, 0.2) is 65.6 Å². The van der Waals surface area contributed by atoms with Gasteiger partial charge in [0.15, 0.2) is 0 Å². The molecule has 4 saturated carbocycles. The average molecular weight is 558 g/mol. The number of nitrogens with one attached hydrogen (secondary N) is 1. The molecule has 11 heteroatoms. The molecule has 2 aromatic rings. The zero-order valence-corrected chi connectivity index (χ0v) is 20.8. The number of esters is 1. The fourth-order valence-corrected chi connectivity index (χ4v) is 8.86. The van der Waals surface area contributed by atoms with E-state index in [2.05, 4.69) is 5.32 Å². The summed E-state index contributed by atoms with van der Waals surface area (Å²) in [5, 5.41) is 2.06. The van der Waals surface area contributed by atoms with E-state index in [-0.39, 0.29) is 24.7 Å². The van der Waals surface area contributed by atoms with Crippen LogP contribution in [-0.2, 0) is 14.3 Å². The zero-order valence-electron chi connectivity index (χ0n) is 20.0. The minimum absolute atomic E-state index is 0.0459. The first-order valence-corrected chi connectivity index (χ1v) is 13.1. The Morgan fingerprint density at radius 2 is 1.53 bits per heavy atom. The first-order valence-electron chi connectivity index (χ1n) is 12.3. The van der Waals surface area contributed by atoms with Crippen molar-refractivity contribution in [1.82, 2.24) is 5.32 Å². The van der Waals surface area contributed by atoms with Gasteiger partial charge in [-0.3, -0.25) is 4.79 Å². The van der Waals surface area contributed by atoms with Gasteiger partial charge < -0.3 is 10.1 Å². The number of ether oxygens (including phenoxy) is 1. The van der Waals surface area contributed by atoms with Gasteiger partial charge in [-0.1, -0.05) is 48.5 Å². The predicted molar refractivity (Wildman–Crippen MR) is 127 cm³/mol. The second-order valence-electron chi connectivity index (χ2n) is 10.6. The summed E-state index contributed by atoms with van der Waals surface area (Å²) in [5.74, 6) is -5.95. The summed E-state index contributed by atoms with van der Waals surface area (Å²) in [6.45, 7) is 0. The summed E-state index contributed by atoms with van der Waals surface area (Å²) in [4.78, 5) is 25.3. The molecule has 6 atom stereocenters. The summed E-state index contributed by atoms with van der Waals surface area (Å²) in [5.41, 5.74) is -1.38. The Labute approximate surface area is 219 Å². The Bertz CT molecular complexity index is 1190. The Kier molecular flexibility index (Phi) is 6.72. The molecule has 6 rings (SSSR count). The highest BCUT2D eigenvalue weighted by Gasteiger charge is 2.67. The van der Waals surface area contributed by atoms with Gasteiger partial charge in [0.2, 0.25) is 0 Å². The predicted octanol–water partition coefficient (Wildman–Crippen LogP) is 6.62. The van der Waals surface area contributed by atoms with Gasteiger partial charge in [0.05, 0.1) is 6.04 Å². The van der Waals surface area contributed by atoms with Crippen molar-refractivity contribution in [3.63, 3.8) is 0 Å². The molecule has 4 fully saturated rings. The Balaban J connectivity index is 1.59. The van der Waals surface area contributed by atoms with Gasteiger partial charge in [-0.2, -0.15) is 26.3 Å². The summed E-state index contributed by atoms with van der Waals surface area (Å²) in [6.07, 6.45) is -8.54. The molecular formula is C27H25F6NO3S. The van der Waals surface area contributed by atoms with Gasteiger partial charge in [0, 0.05) is 22.0 Å². The summed E-state index contributed by atoms with van der Waals surface area (Å²) >= 11 is 1.52. The SMILES string of the molecule is O=C(N[C@@H](c1ccccc1)[C@H]1C2CC3C[C@](Sc4ccccc4)(C2)C[C@@]1(OC(=O)C(F)(F)F)C3)C(F)(F)F. The van der Waals surface area contributed by atoms with Gasteiger partial charge in [0.25, 0.3) is 0 Å². The number of thioether (sulfide) groups is 1. The highest BCUT2D eigenvalue weighted by molar-refractivity contribution is 8.00. The molecule has 38 heavy (non-hydrogen) atoms. The van der Waals surface area contributed by atoms with Crippen molar-refractivity contribution in [2.75, 3.05) is 0 Å². The lowest BCUT2D eigenvalue weighted by molar-refractivity contribution is -0.244. The number of carbonyl (C=O) groups excluding carboxylic acids is 2. The van der Waals surface area contributed by atoms with Gasteiger partial charge in [-0.15, -0.1) is 11.8 Å². The molecule has 0 aromatic heterocycles. The van der Waals surface area contributed by atoms with Crippen LogP contribution in [0.25, 0.3) is 0 Å². The lowest BCUT2D eigenvalue weighted by atomic mass is 9.47. The van der Waals surface area contributed by atoms with Crippen molar-refractivity contribution >= 4 is 23.6 Å². The summed E-state index contributed by atoms with van der Waals surface area (Å²) < 4.78 is 85.4. The standard InChI is InChI=1S/C27H25F6NO3S/c28-26(29,30)22(35)34-21(17-7-3-1-4-8-17)20-18-11-16-12-24(14-18,38-19-9-5-2-6-10-19)15-25(20,13-16)37-23(36)27(31,32)33/h1-10,16,18,20-21H,11-15H2,(H,34,35)/t16?,18?,20-,21+,24+,25+/m1/s1. The minimum atomic E-state index is -5.27. The third kappa shape index (κ3) is 5.13. The van der Waals surface area contributed by atoms with Crippen molar-refractivity contribution in [3.05, 3.63) is 66.2 Å². The average Bonchev–Trinajstić information content (AvgIpc) is 2.82. The van der Waals surface area contributed by atoms with Crippen LogP contribution < -0.4 is 5.32 Å². The Morgan fingerprint density at radius 3 is 2.13 bits per heavy atom. The van der Waals surface area contributed by atoms with Crippen LogP contribution in [0.1, 0.15) is 43.7 Å². The van der Waals surface area contributed by atoms with E-state index < -0.39 is 46.5 Å². The number of hydrogen-bond donors (Lipinski definition) is 1. The van der Waals surface area contributed by atoms with E-state index in [1.807, 2.05) is 30.3 Å². The Hall–Kier alpha value is -2.69. The van der Waals surface area contributed by atoms with Gasteiger partial charge in [-0.25, -0.2) is 4.79 Å². The first kappa shape index (κ1) is 26.9. The van der Waals surface area contributed by atoms with Crippen molar-refractivity contribution in [2.45, 2.75) is 65.7 Å². The highest BCUT2D eigenvalue weighted by atomic mass is 32.2. The molecule has 0 saturated heterocycles. The number of halogens is 6. The first-order chi connectivity index (χ1) is 17.8. The zero-order chi connectivity index (χ0) is 27.3. The fourth-order valence-electron chi connectivity index (χ4n) is 7.13. The maximum atomic E-state index is 13.5. The Morgan fingerprint density at radius 1 is 0.895 bits per heavy atom. The molecule has 2 aromatic carbocycles. The van der Waals surface area contributed by atoms with Crippen LogP contribution in [-0.4, -0.2) is 34.6 Å². The number of hydrogen-bond acceptors (Lipinski definition) is 4. The van der Waals surface area contributed by atoms with Crippen molar-refractivity contribution < 1.29 is 40.7 Å². The number of amides is 1. The molecule has 0 aliphatic heterocycles. The molecule has 0 radical (unpaired) electrons. The van der Waals surface area contributed by atoms with Crippen LogP contribution in [0.4, 0.5) is 26.3 Å². The van der Waals surface area contributed by atoms with Gasteiger partial charge in [-0.05, 0) is 55.2 Å². The minimum Gasteiger partial charge on any atom is -0.452 e. The topological polar surface area (TPSA) is 55.4 Å². The molecule has 4 aliphatic rings. The maximum absolute atomic E-state index is 13.5. The van der Waals surface area contributed by atoms with E-state index in [9.17, 15) is 35.9 Å². The molecule has 0 spiro atoms. The van der Waals surface area contributed by atoms with E-state index in [1.165, 1.54) is 23.9 Å². The van der Waals surface area contributed by atoms with Crippen LogP contribution in [0.2, 0.25) is 0 Å². The van der Waals surface area contributed by atoms with E-state index in [4.69, 9.17) is 4.74 Å². The van der Waals surface area contributed by atoms with Crippen molar-refractivity contribution in [2.24, 2.45) is 17.8 Å². The van der Waals surface area contributed by atoms with E-state index in [0.717, 1.165) is 4.90 Å². The molecular weight excluding hydrogens is 532 g/mol. The third-order valence-corrected chi connectivity index (χ3v) is 9.39. The van der Waals surface area contributed by atoms with Crippen molar-refractivity contribution in [1.29, 1.82) is 0 Å². The molecule has 4 bridgehead atoms. The second-order valence-corrected chi connectivity index (χ2v) is 12.1. The van der Waals surface area contributed by atoms with Crippen LogP contribution in [0.5, 0.6) is 0 Å². The van der Waals surface area contributed by atoms with Crippen LogP contribution in [0, 0.1) is 17.8 Å². The lowest BCUT2D eigenvalue weighted by Crippen LogP contribution is -2.67. The van der Waals surface area contributed by atoms with Crippen LogP contribution >= 0.6 is 11.8 Å². The quantitative estimate of drug-likeness (QED) is 0.320. The molecule has 0 heterocycles. The second kappa shape index (κ2) is 9.50. The summed E-state index contributed by atoms with van der Waals surface area (Å²) in [6, 6.07) is 15.9. The lowest BCUT2D eigenvalue weighted by Gasteiger charge is -2.65. The molecule has 1 N–H and O–H groups in total.